The zero-order chi connectivity index (χ0) is 14.7. The van der Waals surface area contributed by atoms with E-state index in [9.17, 15) is 9.59 Å². The first-order valence-corrected chi connectivity index (χ1v) is 6.68. The molecule has 5 heteroatoms. The average Bonchev–Trinajstić information content (AvgIpc) is 2.95. The highest BCUT2D eigenvalue weighted by molar-refractivity contribution is 5.96. The molecule has 0 unspecified atom stereocenters. The molecular formula is C15H19NO4. The summed E-state index contributed by atoms with van der Waals surface area (Å²) in [6.07, 6.45) is 0.865. The molecule has 0 radical (unpaired) electrons. The van der Waals surface area contributed by atoms with E-state index < -0.39 is 11.9 Å². The predicted octanol–water partition coefficient (Wildman–Crippen LogP) is 1.73. The first-order valence-electron chi connectivity index (χ1n) is 6.68. The summed E-state index contributed by atoms with van der Waals surface area (Å²) >= 11 is 0. The fraction of sp³-hybridized carbons (Fsp3) is 0.467. The molecule has 1 fully saturated rings. The molecule has 1 aromatic carbocycles. The van der Waals surface area contributed by atoms with Gasteiger partial charge in [0.1, 0.15) is 11.7 Å². The van der Waals surface area contributed by atoms with Crippen LogP contribution in [-0.2, 0) is 9.59 Å². The minimum absolute atomic E-state index is 0.269. The molecule has 1 saturated heterocycles. The minimum atomic E-state index is -1.07. The molecule has 2 rings (SSSR count). The predicted molar refractivity (Wildman–Crippen MR) is 73.7 cm³/mol. The second kappa shape index (κ2) is 5.94. The Labute approximate surface area is 118 Å². The first-order chi connectivity index (χ1) is 9.52. The smallest absolute Gasteiger partial charge is 0.315 e. The monoisotopic (exact) mass is 277 g/mol. The van der Waals surface area contributed by atoms with Crippen LogP contribution in [0.1, 0.15) is 24.8 Å². The van der Waals surface area contributed by atoms with Crippen molar-refractivity contribution in [3.8, 4) is 5.75 Å². The van der Waals surface area contributed by atoms with Crippen molar-refractivity contribution >= 4 is 11.9 Å². The van der Waals surface area contributed by atoms with E-state index in [0.717, 1.165) is 17.7 Å². The number of nitrogens with zero attached hydrogens (tertiary/aromatic N) is 1. The van der Waals surface area contributed by atoms with Crippen molar-refractivity contribution in [3.63, 3.8) is 0 Å². The van der Waals surface area contributed by atoms with E-state index in [2.05, 4.69) is 0 Å². The number of amides is 1. The van der Waals surface area contributed by atoms with Gasteiger partial charge in [-0.1, -0.05) is 12.1 Å². The molecule has 2 atom stereocenters. The third-order valence-corrected chi connectivity index (χ3v) is 3.83. The lowest BCUT2D eigenvalue weighted by molar-refractivity contribution is -0.149. The molecular weight excluding hydrogens is 258 g/mol. The number of carboxylic acid groups (broad SMARTS) is 1. The third-order valence-electron chi connectivity index (χ3n) is 3.83. The van der Waals surface area contributed by atoms with E-state index in [-0.39, 0.29) is 11.8 Å². The van der Waals surface area contributed by atoms with Gasteiger partial charge < -0.3 is 14.7 Å². The average molecular weight is 277 g/mol. The van der Waals surface area contributed by atoms with Crippen molar-refractivity contribution in [2.45, 2.75) is 19.3 Å². The quantitative estimate of drug-likeness (QED) is 0.851. The van der Waals surface area contributed by atoms with Crippen LogP contribution >= 0.6 is 0 Å². The lowest BCUT2D eigenvalue weighted by Crippen LogP contribution is -2.36. The summed E-state index contributed by atoms with van der Waals surface area (Å²) in [5.41, 5.74) is 1.16. The molecule has 1 aliphatic heterocycles. The number of likely N-dealkylation sites (tertiary alicyclic amines) is 1. The van der Waals surface area contributed by atoms with Crippen LogP contribution in [0.4, 0.5) is 0 Å². The van der Waals surface area contributed by atoms with E-state index in [4.69, 9.17) is 9.84 Å². The maximum absolute atomic E-state index is 12.0. The maximum atomic E-state index is 12.0. The Morgan fingerprint density at radius 1 is 1.35 bits per heavy atom. The highest BCUT2D eigenvalue weighted by Crippen LogP contribution is 2.29. The number of carboxylic acids is 1. The molecule has 0 bridgehead atoms. The molecule has 0 aromatic heterocycles. The van der Waals surface area contributed by atoms with Crippen LogP contribution in [0.2, 0.25) is 0 Å². The number of rotatable bonds is 4. The van der Waals surface area contributed by atoms with Gasteiger partial charge in [0.15, 0.2) is 0 Å². The largest absolute Gasteiger partial charge is 0.497 e. The van der Waals surface area contributed by atoms with Crippen molar-refractivity contribution in [2.75, 3.05) is 20.2 Å². The number of aliphatic carboxylic acids is 1. The van der Waals surface area contributed by atoms with Crippen molar-refractivity contribution in [1.82, 2.24) is 4.90 Å². The number of methoxy groups -OCH3 is 1. The molecule has 1 aliphatic rings. The normalized spacial score (nSPS) is 19.7. The highest BCUT2D eigenvalue weighted by Gasteiger charge is 2.32. The summed E-state index contributed by atoms with van der Waals surface area (Å²) in [6, 6.07) is 7.80. The van der Waals surface area contributed by atoms with Crippen molar-refractivity contribution in [2.24, 2.45) is 5.92 Å². The Hall–Kier alpha value is -2.04. The molecule has 108 valence electrons. The van der Waals surface area contributed by atoms with Gasteiger partial charge in [0.2, 0.25) is 5.91 Å². The Kier molecular flexibility index (Phi) is 4.27. The Morgan fingerprint density at radius 3 is 2.55 bits per heavy atom. The van der Waals surface area contributed by atoms with Crippen LogP contribution < -0.4 is 4.74 Å². The number of hydrogen-bond acceptors (Lipinski definition) is 3. The van der Waals surface area contributed by atoms with E-state index in [1.54, 1.807) is 12.0 Å². The standard InChI is InChI=1S/C15H19NO4/c1-10(15(18)19)14(17)16-8-7-12(9-16)11-3-5-13(20-2)6-4-11/h3-6,10,12H,7-9H2,1-2H3,(H,18,19)/t10-,12+/m1/s1. The van der Waals surface area contributed by atoms with Crippen LogP contribution in [0.5, 0.6) is 5.75 Å². The van der Waals surface area contributed by atoms with Crippen LogP contribution in [-0.4, -0.2) is 42.1 Å². The molecule has 1 aromatic rings. The zero-order valence-corrected chi connectivity index (χ0v) is 11.7. The summed E-state index contributed by atoms with van der Waals surface area (Å²) in [5, 5.41) is 8.89. The molecule has 0 aliphatic carbocycles. The number of benzene rings is 1. The molecule has 5 nitrogen and oxygen atoms in total. The van der Waals surface area contributed by atoms with Crippen LogP contribution in [0, 0.1) is 5.92 Å². The SMILES string of the molecule is COc1ccc([C@H]2CCN(C(=O)[C@@H](C)C(=O)O)C2)cc1. The van der Waals surface area contributed by atoms with E-state index in [1.165, 1.54) is 6.92 Å². The molecule has 1 amide bonds. The lowest BCUT2D eigenvalue weighted by Gasteiger charge is -2.19. The van der Waals surface area contributed by atoms with E-state index in [0.29, 0.717) is 13.1 Å². The van der Waals surface area contributed by atoms with Crippen molar-refractivity contribution in [3.05, 3.63) is 29.8 Å². The number of hydrogen-bond donors (Lipinski definition) is 1. The highest BCUT2D eigenvalue weighted by atomic mass is 16.5. The van der Waals surface area contributed by atoms with Gasteiger partial charge in [-0.3, -0.25) is 9.59 Å². The maximum Gasteiger partial charge on any atom is 0.315 e. The van der Waals surface area contributed by atoms with Gasteiger partial charge in [-0.15, -0.1) is 0 Å². The van der Waals surface area contributed by atoms with E-state index >= 15 is 0 Å². The fourth-order valence-electron chi connectivity index (χ4n) is 2.49. The van der Waals surface area contributed by atoms with Crippen LogP contribution in [0.15, 0.2) is 24.3 Å². The number of ether oxygens (including phenoxy) is 1. The first kappa shape index (κ1) is 14.4. The summed E-state index contributed by atoms with van der Waals surface area (Å²) in [5.74, 6) is -1.26. The zero-order valence-electron chi connectivity index (χ0n) is 11.7. The van der Waals surface area contributed by atoms with Crippen LogP contribution in [0.25, 0.3) is 0 Å². The summed E-state index contributed by atoms with van der Waals surface area (Å²) < 4.78 is 5.12. The Morgan fingerprint density at radius 2 is 2.00 bits per heavy atom. The van der Waals surface area contributed by atoms with Gasteiger partial charge in [-0.05, 0) is 31.0 Å². The van der Waals surface area contributed by atoms with Crippen molar-refractivity contribution < 1.29 is 19.4 Å². The molecule has 0 spiro atoms. The minimum Gasteiger partial charge on any atom is -0.497 e. The Balaban J connectivity index is 2.01. The fourth-order valence-corrected chi connectivity index (χ4v) is 2.49. The van der Waals surface area contributed by atoms with Gasteiger partial charge in [-0.25, -0.2) is 0 Å². The molecule has 1 N–H and O–H groups in total. The van der Waals surface area contributed by atoms with Crippen LogP contribution in [0.3, 0.4) is 0 Å². The summed E-state index contributed by atoms with van der Waals surface area (Å²) in [6.45, 7) is 2.64. The molecule has 20 heavy (non-hydrogen) atoms. The topological polar surface area (TPSA) is 66.8 Å². The summed E-state index contributed by atoms with van der Waals surface area (Å²) in [4.78, 5) is 24.5. The van der Waals surface area contributed by atoms with Crippen molar-refractivity contribution in [1.29, 1.82) is 0 Å². The summed E-state index contributed by atoms with van der Waals surface area (Å²) in [7, 11) is 1.62. The van der Waals surface area contributed by atoms with Gasteiger partial charge in [0, 0.05) is 19.0 Å². The van der Waals surface area contributed by atoms with Gasteiger partial charge >= 0.3 is 5.97 Å². The second-order valence-electron chi connectivity index (χ2n) is 5.10. The third kappa shape index (κ3) is 2.92. The van der Waals surface area contributed by atoms with E-state index in [1.807, 2.05) is 24.3 Å². The molecule has 0 saturated carbocycles. The van der Waals surface area contributed by atoms with Gasteiger partial charge in [0.25, 0.3) is 0 Å². The Bertz CT molecular complexity index is 497. The number of carbonyl (C=O) groups is 2. The second-order valence-corrected chi connectivity index (χ2v) is 5.10. The lowest BCUT2D eigenvalue weighted by atomic mass is 9.98. The van der Waals surface area contributed by atoms with Gasteiger partial charge in [-0.2, -0.15) is 0 Å². The van der Waals surface area contributed by atoms with Gasteiger partial charge in [0.05, 0.1) is 7.11 Å². The number of carbonyl (C=O) groups excluding carboxylic acids is 1. The molecule has 1 heterocycles.